The van der Waals surface area contributed by atoms with Gasteiger partial charge in [0.15, 0.2) is 10.9 Å². The first-order chi connectivity index (χ1) is 14.5. The molecule has 0 aliphatic heterocycles. The van der Waals surface area contributed by atoms with E-state index in [9.17, 15) is 4.79 Å². The van der Waals surface area contributed by atoms with Crippen LogP contribution in [-0.2, 0) is 11.3 Å². The molecule has 3 rings (SSSR count). The number of rotatable bonds is 9. The fourth-order valence-corrected chi connectivity index (χ4v) is 3.76. The van der Waals surface area contributed by atoms with Crippen LogP contribution in [0.1, 0.15) is 17.5 Å². The summed E-state index contributed by atoms with van der Waals surface area (Å²) in [6.45, 7) is 8.66. The predicted octanol–water partition coefficient (Wildman–Crippen LogP) is 4.38. The lowest BCUT2D eigenvalue weighted by Gasteiger charge is -2.22. The van der Waals surface area contributed by atoms with Gasteiger partial charge in [-0.3, -0.25) is 9.36 Å². The second-order valence-electron chi connectivity index (χ2n) is 6.69. The number of aryl methyl sites for hydroxylation is 2. The molecule has 1 aromatic carbocycles. The third-order valence-electron chi connectivity index (χ3n) is 4.65. The Kier molecular flexibility index (Phi) is 7.09. The van der Waals surface area contributed by atoms with E-state index in [2.05, 4.69) is 22.8 Å². The fourth-order valence-electron chi connectivity index (χ4n) is 2.93. The zero-order valence-corrected chi connectivity index (χ0v) is 17.9. The number of anilines is 1. The third-order valence-corrected chi connectivity index (χ3v) is 5.60. The molecule has 0 aliphatic carbocycles. The second kappa shape index (κ2) is 9.94. The van der Waals surface area contributed by atoms with Crippen molar-refractivity contribution in [1.82, 2.24) is 14.8 Å². The van der Waals surface area contributed by atoms with Gasteiger partial charge < -0.3 is 9.32 Å². The Labute approximate surface area is 180 Å². The zero-order valence-electron chi connectivity index (χ0n) is 17.0. The summed E-state index contributed by atoms with van der Waals surface area (Å²) in [6.07, 6.45) is 3.59. The molecule has 2 heterocycles. The van der Waals surface area contributed by atoms with Crippen LogP contribution in [0, 0.1) is 25.2 Å². The van der Waals surface area contributed by atoms with Crippen molar-refractivity contribution >= 4 is 23.4 Å². The van der Waals surface area contributed by atoms with Crippen LogP contribution in [0.15, 0.2) is 58.8 Å². The molecule has 0 saturated carbocycles. The normalized spacial score (nSPS) is 10.6. The number of aromatic nitrogens is 3. The van der Waals surface area contributed by atoms with Crippen molar-refractivity contribution in [2.75, 3.05) is 17.2 Å². The summed E-state index contributed by atoms with van der Waals surface area (Å²) in [6, 6.07) is 11.6. The molecule has 0 aliphatic rings. The summed E-state index contributed by atoms with van der Waals surface area (Å²) >= 11 is 1.30. The highest BCUT2D eigenvalue weighted by Gasteiger charge is 2.20. The van der Waals surface area contributed by atoms with E-state index in [0.717, 1.165) is 16.8 Å². The van der Waals surface area contributed by atoms with Gasteiger partial charge in [-0.05, 0) is 49.2 Å². The number of hydrogen-bond donors (Lipinski definition) is 0. The van der Waals surface area contributed by atoms with Crippen LogP contribution in [0.2, 0.25) is 0 Å². The van der Waals surface area contributed by atoms with Crippen LogP contribution >= 0.6 is 11.8 Å². The molecule has 0 saturated heterocycles. The number of carbonyl (C=O) groups is 1. The molecular formula is C22H23N5O2S. The van der Waals surface area contributed by atoms with Crippen molar-refractivity contribution in [3.63, 3.8) is 0 Å². The SMILES string of the molecule is C=CCn1c(SCC(=O)N(CCC#N)c2ccc(C)c(C)c2)nnc1-c1ccco1. The van der Waals surface area contributed by atoms with Crippen molar-refractivity contribution in [3.8, 4) is 17.7 Å². The van der Waals surface area contributed by atoms with Crippen LogP contribution in [-0.4, -0.2) is 33.0 Å². The molecule has 1 amide bonds. The Bertz CT molecular complexity index is 1070. The number of nitrogens with zero attached hydrogens (tertiary/aromatic N) is 5. The molecule has 0 atom stereocenters. The van der Waals surface area contributed by atoms with Crippen molar-refractivity contribution in [2.24, 2.45) is 0 Å². The minimum Gasteiger partial charge on any atom is -0.461 e. The summed E-state index contributed by atoms with van der Waals surface area (Å²) in [5.41, 5.74) is 3.05. The van der Waals surface area contributed by atoms with Gasteiger partial charge in [0, 0.05) is 18.8 Å². The maximum atomic E-state index is 13.0. The number of furan rings is 1. The molecule has 8 heteroatoms. The zero-order chi connectivity index (χ0) is 21.5. The van der Waals surface area contributed by atoms with E-state index in [1.807, 2.05) is 42.7 Å². The molecule has 0 spiro atoms. The first kappa shape index (κ1) is 21.4. The lowest BCUT2D eigenvalue weighted by atomic mass is 10.1. The first-order valence-electron chi connectivity index (χ1n) is 9.50. The summed E-state index contributed by atoms with van der Waals surface area (Å²) < 4.78 is 7.29. The van der Waals surface area contributed by atoms with E-state index in [0.29, 0.717) is 29.8 Å². The van der Waals surface area contributed by atoms with Gasteiger partial charge in [-0.15, -0.1) is 16.8 Å². The molecule has 0 bridgehead atoms. The van der Waals surface area contributed by atoms with Gasteiger partial charge in [0.25, 0.3) is 0 Å². The summed E-state index contributed by atoms with van der Waals surface area (Å²) in [5.74, 6) is 1.27. The van der Waals surface area contributed by atoms with Gasteiger partial charge in [-0.1, -0.05) is 23.9 Å². The van der Waals surface area contributed by atoms with Gasteiger partial charge in [0.2, 0.25) is 11.7 Å². The van der Waals surface area contributed by atoms with Crippen LogP contribution < -0.4 is 4.90 Å². The molecule has 0 radical (unpaired) electrons. The number of thioether (sulfide) groups is 1. The van der Waals surface area contributed by atoms with Crippen LogP contribution in [0.5, 0.6) is 0 Å². The van der Waals surface area contributed by atoms with E-state index < -0.39 is 0 Å². The number of nitriles is 1. The second-order valence-corrected chi connectivity index (χ2v) is 7.64. The van der Waals surface area contributed by atoms with Gasteiger partial charge in [0.1, 0.15) is 0 Å². The van der Waals surface area contributed by atoms with Gasteiger partial charge in [0.05, 0.1) is 24.5 Å². The summed E-state index contributed by atoms with van der Waals surface area (Å²) in [5, 5.41) is 18.1. The predicted molar refractivity (Wildman–Crippen MR) is 117 cm³/mol. The average Bonchev–Trinajstić information content (AvgIpc) is 3.39. The Balaban J connectivity index is 1.79. The number of hydrogen-bond acceptors (Lipinski definition) is 6. The monoisotopic (exact) mass is 421 g/mol. The molecule has 0 unspecified atom stereocenters. The molecule has 7 nitrogen and oxygen atoms in total. The van der Waals surface area contributed by atoms with Gasteiger partial charge in [-0.2, -0.15) is 5.26 Å². The maximum absolute atomic E-state index is 13.0. The average molecular weight is 422 g/mol. The molecular weight excluding hydrogens is 398 g/mol. The van der Waals surface area contributed by atoms with E-state index in [-0.39, 0.29) is 18.1 Å². The van der Waals surface area contributed by atoms with Crippen molar-refractivity contribution in [3.05, 3.63) is 60.4 Å². The molecule has 154 valence electrons. The fraction of sp³-hybridized carbons (Fsp3) is 0.273. The van der Waals surface area contributed by atoms with Crippen molar-refractivity contribution in [1.29, 1.82) is 5.26 Å². The van der Waals surface area contributed by atoms with E-state index in [1.54, 1.807) is 23.3 Å². The Morgan fingerprint density at radius 2 is 2.17 bits per heavy atom. The number of allylic oxidation sites excluding steroid dienone is 1. The number of benzene rings is 1. The highest BCUT2D eigenvalue weighted by atomic mass is 32.2. The van der Waals surface area contributed by atoms with E-state index >= 15 is 0 Å². The number of amides is 1. The Morgan fingerprint density at radius 3 is 2.83 bits per heavy atom. The highest BCUT2D eigenvalue weighted by Crippen LogP contribution is 2.26. The largest absolute Gasteiger partial charge is 0.461 e. The maximum Gasteiger partial charge on any atom is 0.237 e. The minimum absolute atomic E-state index is 0.0915. The minimum atomic E-state index is -0.0915. The Hall–Kier alpha value is -3.31. The van der Waals surface area contributed by atoms with Crippen LogP contribution in [0.4, 0.5) is 5.69 Å². The van der Waals surface area contributed by atoms with Crippen LogP contribution in [0.25, 0.3) is 11.6 Å². The van der Waals surface area contributed by atoms with Crippen molar-refractivity contribution in [2.45, 2.75) is 32.0 Å². The molecule has 3 aromatic rings. The smallest absolute Gasteiger partial charge is 0.237 e. The summed E-state index contributed by atoms with van der Waals surface area (Å²) in [4.78, 5) is 14.7. The van der Waals surface area contributed by atoms with Gasteiger partial charge in [-0.25, -0.2) is 0 Å². The molecule has 2 aromatic heterocycles. The highest BCUT2D eigenvalue weighted by molar-refractivity contribution is 7.99. The topological polar surface area (TPSA) is 88.0 Å². The standard InChI is InChI=1S/C22H23N5O2S/c1-4-11-27-21(19-7-5-13-29-19)24-25-22(27)30-15-20(28)26(12-6-10-23)18-9-8-16(2)17(3)14-18/h4-5,7-9,13-14H,1,6,11-12,15H2,2-3H3. The van der Waals surface area contributed by atoms with E-state index in [1.165, 1.54) is 11.8 Å². The Morgan fingerprint density at radius 1 is 1.33 bits per heavy atom. The third kappa shape index (κ3) is 4.81. The summed E-state index contributed by atoms with van der Waals surface area (Å²) in [7, 11) is 0. The van der Waals surface area contributed by atoms with Crippen molar-refractivity contribution < 1.29 is 9.21 Å². The molecule has 30 heavy (non-hydrogen) atoms. The van der Waals surface area contributed by atoms with Gasteiger partial charge >= 0.3 is 0 Å². The lowest BCUT2D eigenvalue weighted by Crippen LogP contribution is -2.33. The quantitative estimate of drug-likeness (QED) is 0.376. The number of carbonyl (C=O) groups excluding carboxylic acids is 1. The first-order valence-corrected chi connectivity index (χ1v) is 10.5. The van der Waals surface area contributed by atoms with E-state index in [4.69, 9.17) is 9.68 Å². The molecule has 0 N–H and O–H groups in total. The van der Waals surface area contributed by atoms with Crippen LogP contribution in [0.3, 0.4) is 0 Å². The molecule has 0 fully saturated rings. The lowest BCUT2D eigenvalue weighted by molar-refractivity contribution is -0.116.